The molecule has 0 bridgehead atoms. The van der Waals surface area contributed by atoms with Crippen molar-refractivity contribution in [3.63, 3.8) is 0 Å². The highest BCUT2D eigenvalue weighted by molar-refractivity contribution is 6.00. The Bertz CT molecular complexity index is 984. The molecule has 1 aliphatic heterocycles. The van der Waals surface area contributed by atoms with Crippen molar-refractivity contribution < 1.29 is 14.3 Å². The van der Waals surface area contributed by atoms with Crippen LogP contribution >= 0.6 is 0 Å². The van der Waals surface area contributed by atoms with Gasteiger partial charge in [-0.1, -0.05) is 42.5 Å². The van der Waals surface area contributed by atoms with E-state index in [1.165, 1.54) is 0 Å². The first-order valence-electron chi connectivity index (χ1n) is 9.81. The van der Waals surface area contributed by atoms with Crippen LogP contribution in [0.4, 0.5) is 0 Å². The lowest BCUT2D eigenvalue weighted by Gasteiger charge is -2.31. The monoisotopic (exact) mass is 391 g/mol. The molecule has 2 aromatic carbocycles. The Hall–Kier alpha value is -3.12. The molecule has 1 amide bonds. The second-order valence-electron chi connectivity index (χ2n) is 7.21. The van der Waals surface area contributed by atoms with Crippen LogP contribution in [0.15, 0.2) is 60.8 Å². The van der Waals surface area contributed by atoms with Crippen LogP contribution in [0.3, 0.4) is 0 Å². The number of amides is 1. The normalized spacial score (nSPS) is 16.6. The Balaban J connectivity index is 1.74. The highest BCUT2D eigenvalue weighted by atomic mass is 16.5. The first kappa shape index (κ1) is 19.2. The van der Waals surface area contributed by atoms with Gasteiger partial charge in [0.1, 0.15) is 11.4 Å². The minimum absolute atomic E-state index is 0.0274. The number of carbonyl (C=O) groups excluding carboxylic acids is 1. The molecule has 2 heterocycles. The quantitative estimate of drug-likeness (QED) is 0.668. The Morgan fingerprint density at radius 2 is 1.93 bits per heavy atom. The molecule has 3 aromatic rings. The van der Waals surface area contributed by atoms with Gasteiger partial charge in [0, 0.05) is 24.8 Å². The van der Waals surface area contributed by atoms with E-state index in [9.17, 15) is 4.79 Å². The number of rotatable bonds is 5. The third-order valence-corrected chi connectivity index (χ3v) is 5.07. The summed E-state index contributed by atoms with van der Waals surface area (Å²) in [6.07, 6.45) is 1.87. The van der Waals surface area contributed by atoms with E-state index >= 15 is 0 Å². The Morgan fingerprint density at radius 3 is 2.69 bits per heavy atom. The molecule has 6 nitrogen and oxygen atoms in total. The van der Waals surface area contributed by atoms with Crippen molar-refractivity contribution in [1.29, 1.82) is 0 Å². The lowest BCUT2D eigenvalue weighted by Crippen LogP contribution is -2.44. The highest BCUT2D eigenvalue weighted by Crippen LogP contribution is 2.32. The summed E-state index contributed by atoms with van der Waals surface area (Å²) in [5, 5.41) is 4.78. The van der Waals surface area contributed by atoms with Crippen LogP contribution in [-0.4, -0.2) is 53.5 Å². The van der Waals surface area contributed by atoms with E-state index in [4.69, 9.17) is 14.6 Å². The van der Waals surface area contributed by atoms with Crippen LogP contribution in [0.25, 0.3) is 11.3 Å². The third kappa shape index (κ3) is 4.17. The fraction of sp³-hybridized carbons (Fsp3) is 0.304. The molecule has 1 aromatic heterocycles. The average molecular weight is 391 g/mol. The first-order chi connectivity index (χ1) is 14.2. The van der Waals surface area contributed by atoms with Crippen LogP contribution in [-0.2, 0) is 11.3 Å². The van der Waals surface area contributed by atoms with E-state index in [-0.39, 0.29) is 12.0 Å². The Kier molecular flexibility index (Phi) is 5.62. The van der Waals surface area contributed by atoms with Gasteiger partial charge in [-0.05, 0) is 24.6 Å². The molecule has 6 heteroatoms. The summed E-state index contributed by atoms with van der Waals surface area (Å²) < 4.78 is 13.0. The number of benzene rings is 2. The fourth-order valence-electron chi connectivity index (χ4n) is 3.64. The van der Waals surface area contributed by atoms with Gasteiger partial charge in [-0.25, -0.2) is 0 Å². The van der Waals surface area contributed by atoms with Crippen LogP contribution in [0, 0.1) is 0 Å². The van der Waals surface area contributed by atoms with Crippen LogP contribution in [0.5, 0.6) is 5.75 Å². The van der Waals surface area contributed by atoms with Gasteiger partial charge < -0.3 is 14.4 Å². The predicted molar refractivity (Wildman–Crippen MR) is 111 cm³/mol. The molecule has 0 unspecified atom stereocenters. The fourth-order valence-corrected chi connectivity index (χ4v) is 3.64. The molecule has 0 aliphatic carbocycles. The van der Waals surface area contributed by atoms with Gasteiger partial charge in [0.25, 0.3) is 5.91 Å². The smallest absolute Gasteiger partial charge is 0.257 e. The maximum Gasteiger partial charge on any atom is 0.257 e. The number of carbonyl (C=O) groups is 1. The van der Waals surface area contributed by atoms with Crippen molar-refractivity contribution >= 4 is 5.91 Å². The molecule has 0 radical (unpaired) electrons. The molecule has 1 saturated heterocycles. The molecule has 150 valence electrons. The number of methoxy groups -OCH3 is 1. The number of hydrogen-bond donors (Lipinski definition) is 0. The summed E-state index contributed by atoms with van der Waals surface area (Å²) in [5.41, 5.74) is 3.16. The van der Waals surface area contributed by atoms with Gasteiger partial charge in [-0.2, -0.15) is 5.10 Å². The van der Waals surface area contributed by atoms with Crippen LogP contribution in [0.1, 0.15) is 22.8 Å². The predicted octanol–water partition coefficient (Wildman–Crippen LogP) is 3.47. The number of hydrogen-bond acceptors (Lipinski definition) is 4. The maximum absolute atomic E-state index is 13.4. The summed E-state index contributed by atoms with van der Waals surface area (Å²) >= 11 is 0. The van der Waals surface area contributed by atoms with E-state index in [1.807, 2.05) is 65.2 Å². The van der Waals surface area contributed by atoms with Gasteiger partial charge in [0.2, 0.25) is 0 Å². The lowest BCUT2D eigenvalue weighted by atomic mass is 10.1. The second-order valence-corrected chi connectivity index (χ2v) is 7.21. The zero-order valence-electron chi connectivity index (χ0n) is 16.7. The summed E-state index contributed by atoms with van der Waals surface area (Å²) in [6.45, 7) is 4.29. The van der Waals surface area contributed by atoms with E-state index in [1.54, 1.807) is 7.11 Å². The third-order valence-electron chi connectivity index (χ3n) is 5.07. The number of aromatic nitrogens is 2. The van der Waals surface area contributed by atoms with Crippen molar-refractivity contribution in [3.05, 3.63) is 71.9 Å². The average Bonchev–Trinajstić information content (AvgIpc) is 3.17. The topological polar surface area (TPSA) is 56.6 Å². The highest BCUT2D eigenvalue weighted by Gasteiger charge is 2.27. The summed E-state index contributed by atoms with van der Waals surface area (Å²) in [4.78, 5) is 15.2. The molecule has 0 N–H and O–H groups in total. The van der Waals surface area contributed by atoms with Crippen molar-refractivity contribution in [2.75, 3.05) is 26.8 Å². The number of ether oxygens (including phenoxy) is 2. The lowest BCUT2D eigenvalue weighted by molar-refractivity contribution is -0.0123. The van der Waals surface area contributed by atoms with Crippen molar-refractivity contribution in [2.45, 2.75) is 19.6 Å². The van der Waals surface area contributed by atoms with Crippen molar-refractivity contribution in [3.8, 4) is 17.0 Å². The summed E-state index contributed by atoms with van der Waals surface area (Å²) in [7, 11) is 1.63. The van der Waals surface area contributed by atoms with Crippen LogP contribution < -0.4 is 4.74 Å². The summed E-state index contributed by atoms with van der Waals surface area (Å²) in [5.74, 6) is 0.669. The minimum Gasteiger partial charge on any atom is -0.496 e. The van der Waals surface area contributed by atoms with Gasteiger partial charge in [-0.15, -0.1) is 0 Å². The van der Waals surface area contributed by atoms with Gasteiger partial charge in [0.05, 0.1) is 31.9 Å². The van der Waals surface area contributed by atoms with E-state index in [0.29, 0.717) is 43.2 Å². The molecule has 4 rings (SSSR count). The number of morpholine rings is 1. The van der Waals surface area contributed by atoms with E-state index in [0.717, 1.165) is 11.1 Å². The van der Waals surface area contributed by atoms with Crippen molar-refractivity contribution in [1.82, 2.24) is 14.7 Å². The zero-order valence-corrected chi connectivity index (χ0v) is 16.7. The number of para-hydroxylation sites is 1. The SMILES string of the molecule is COc1ccccc1-c1nn(Cc2ccccc2)cc1C(=O)N1CCO[C@H](C)C1. The van der Waals surface area contributed by atoms with E-state index < -0.39 is 0 Å². The molecule has 1 fully saturated rings. The van der Waals surface area contributed by atoms with Gasteiger partial charge >= 0.3 is 0 Å². The Labute approximate surface area is 170 Å². The molecular formula is C23H25N3O3. The molecular weight excluding hydrogens is 366 g/mol. The molecule has 0 saturated carbocycles. The molecule has 29 heavy (non-hydrogen) atoms. The van der Waals surface area contributed by atoms with Crippen molar-refractivity contribution in [2.24, 2.45) is 0 Å². The van der Waals surface area contributed by atoms with Crippen LogP contribution in [0.2, 0.25) is 0 Å². The number of nitrogens with zero attached hydrogens (tertiary/aromatic N) is 3. The van der Waals surface area contributed by atoms with Gasteiger partial charge in [0.15, 0.2) is 0 Å². The zero-order chi connectivity index (χ0) is 20.2. The molecule has 0 spiro atoms. The summed E-state index contributed by atoms with van der Waals surface area (Å²) in [6, 6.07) is 17.8. The van der Waals surface area contributed by atoms with Gasteiger partial charge in [-0.3, -0.25) is 9.48 Å². The second kappa shape index (κ2) is 8.49. The standard InChI is InChI=1S/C23H25N3O3/c1-17-14-25(12-13-29-17)23(27)20-16-26(15-18-8-4-3-5-9-18)24-22(20)19-10-6-7-11-21(19)28-2/h3-11,16-17H,12-15H2,1-2H3/t17-/m1/s1. The van der Waals surface area contributed by atoms with E-state index in [2.05, 4.69) is 12.1 Å². The Morgan fingerprint density at radius 1 is 1.17 bits per heavy atom. The molecule has 1 aliphatic rings. The molecule has 1 atom stereocenters. The maximum atomic E-state index is 13.4. The first-order valence-corrected chi connectivity index (χ1v) is 9.81. The minimum atomic E-state index is -0.0274. The largest absolute Gasteiger partial charge is 0.496 e.